The summed E-state index contributed by atoms with van der Waals surface area (Å²) in [6.45, 7) is 2.08. The van der Waals surface area contributed by atoms with Crippen LogP contribution in [0.25, 0.3) is 0 Å². The molecule has 1 N–H and O–H groups in total. The predicted octanol–water partition coefficient (Wildman–Crippen LogP) is 5.46. The smallest absolute Gasteiger partial charge is 0.316 e. The maximum atomic E-state index is 12.6. The summed E-state index contributed by atoms with van der Waals surface area (Å²) in [5.41, 5.74) is 0. The van der Waals surface area contributed by atoms with E-state index in [4.69, 9.17) is 0 Å². The van der Waals surface area contributed by atoms with E-state index in [9.17, 15) is 26.3 Å². The van der Waals surface area contributed by atoms with E-state index in [1.807, 2.05) is 0 Å². The second-order valence-electron chi connectivity index (χ2n) is 5.37. The Kier molecular flexibility index (Phi) is 9.33. The quantitative estimate of drug-likeness (QED) is 0.416. The zero-order valence-corrected chi connectivity index (χ0v) is 12.6. The van der Waals surface area contributed by atoms with Crippen molar-refractivity contribution in [2.24, 2.45) is 5.92 Å². The van der Waals surface area contributed by atoms with Crippen LogP contribution in [0.2, 0.25) is 0 Å². The molecule has 0 aliphatic rings. The first kappa shape index (κ1) is 20.5. The van der Waals surface area contributed by atoms with Crippen LogP contribution in [0.4, 0.5) is 26.3 Å². The molecular formula is C14H25F6N. The first-order valence-corrected chi connectivity index (χ1v) is 7.45. The molecule has 1 nitrogen and oxygen atoms in total. The van der Waals surface area contributed by atoms with Crippen molar-refractivity contribution in [3.05, 3.63) is 0 Å². The molecule has 0 radical (unpaired) electrons. The molecular weight excluding hydrogens is 296 g/mol. The molecule has 0 bridgehead atoms. The summed E-state index contributed by atoms with van der Waals surface area (Å²) in [6, 6.07) is -1.61. The van der Waals surface area contributed by atoms with Crippen molar-refractivity contribution in [3.8, 4) is 0 Å². The van der Waals surface area contributed by atoms with Crippen LogP contribution in [0.15, 0.2) is 0 Å². The normalized spacial score (nSPS) is 14.7. The van der Waals surface area contributed by atoms with Crippen molar-refractivity contribution in [2.75, 3.05) is 7.05 Å². The van der Waals surface area contributed by atoms with Crippen LogP contribution >= 0.6 is 0 Å². The van der Waals surface area contributed by atoms with Crippen LogP contribution in [0.5, 0.6) is 0 Å². The number of rotatable bonds is 10. The molecule has 0 spiro atoms. The van der Waals surface area contributed by atoms with Crippen molar-refractivity contribution in [3.63, 3.8) is 0 Å². The minimum atomic E-state index is -5.27. The van der Waals surface area contributed by atoms with Crippen LogP contribution < -0.4 is 5.32 Å². The van der Waals surface area contributed by atoms with Crippen LogP contribution in [0.3, 0.4) is 0 Å². The van der Waals surface area contributed by atoms with Gasteiger partial charge in [-0.05, 0) is 13.5 Å². The molecule has 0 amide bonds. The van der Waals surface area contributed by atoms with Crippen LogP contribution in [0, 0.1) is 5.92 Å². The third kappa shape index (κ3) is 8.53. The highest BCUT2D eigenvalue weighted by Gasteiger charge is 2.59. The molecule has 0 rings (SSSR count). The van der Waals surface area contributed by atoms with E-state index in [1.54, 1.807) is 0 Å². The molecule has 0 saturated heterocycles. The van der Waals surface area contributed by atoms with Gasteiger partial charge in [-0.25, -0.2) is 0 Å². The van der Waals surface area contributed by atoms with E-state index in [0.717, 1.165) is 39.2 Å². The van der Waals surface area contributed by atoms with E-state index < -0.39 is 24.3 Å². The Morgan fingerprint density at radius 2 is 1.19 bits per heavy atom. The summed E-state index contributed by atoms with van der Waals surface area (Å²) in [5, 5.41) is 2.19. The standard InChI is InChI=1S/C14H25F6N/c1-3-4-5-6-7-8-9-10-11(21-2)12(13(15,16)17)14(18,19)20/h11-12,21H,3-10H2,1-2H3. The van der Waals surface area contributed by atoms with Crippen molar-refractivity contribution in [1.29, 1.82) is 0 Å². The van der Waals surface area contributed by atoms with E-state index in [0.29, 0.717) is 12.8 Å². The molecule has 1 atom stereocenters. The fraction of sp³-hybridized carbons (Fsp3) is 1.00. The topological polar surface area (TPSA) is 12.0 Å². The Bertz CT molecular complexity index is 247. The maximum absolute atomic E-state index is 12.6. The summed E-state index contributed by atoms with van der Waals surface area (Å²) in [7, 11) is 1.15. The predicted molar refractivity (Wildman–Crippen MR) is 71.1 cm³/mol. The van der Waals surface area contributed by atoms with Crippen LogP contribution in [-0.2, 0) is 0 Å². The van der Waals surface area contributed by atoms with Crippen molar-refractivity contribution in [2.45, 2.75) is 76.7 Å². The van der Waals surface area contributed by atoms with Gasteiger partial charge in [-0.3, -0.25) is 0 Å². The lowest BCUT2D eigenvalue weighted by Crippen LogP contribution is -2.50. The van der Waals surface area contributed by atoms with Gasteiger partial charge in [0.2, 0.25) is 0 Å². The Morgan fingerprint density at radius 1 is 0.762 bits per heavy atom. The molecule has 0 fully saturated rings. The number of unbranched alkanes of at least 4 members (excludes halogenated alkanes) is 6. The van der Waals surface area contributed by atoms with Crippen molar-refractivity contribution < 1.29 is 26.3 Å². The Labute approximate surface area is 122 Å². The molecule has 7 heteroatoms. The monoisotopic (exact) mass is 321 g/mol. The van der Waals surface area contributed by atoms with Crippen LogP contribution in [-0.4, -0.2) is 25.4 Å². The number of hydrogen-bond acceptors (Lipinski definition) is 1. The van der Waals surface area contributed by atoms with Gasteiger partial charge >= 0.3 is 12.4 Å². The second-order valence-corrected chi connectivity index (χ2v) is 5.37. The summed E-state index contributed by atoms with van der Waals surface area (Å²) in [6.07, 6.45) is -4.48. The fourth-order valence-corrected chi connectivity index (χ4v) is 2.44. The van der Waals surface area contributed by atoms with Gasteiger partial charge in [0.25, 0.3) is 0 Å². The average Bonchev–Trinajstić information content (AvgIpc) is 2.32. The van der Waals surface area contributed by atoms with Crippen molar-refractivity contribution in [1.82, 2.24) is 5.32 Å². The first-order chi connectivity index (χ1) is 9.64. The maximum Gasteiger partial charge on any atom is 0.401 e. The number of halogens is 6. The average molecular weight is 321 g/mol. The van der Waals surface area contributed by atoms with E-state index in [-0.39, 0.29) is 6.42 Å². The van der Waals surface area contributed by atoms with E-state index in [1.165, 1.54) is 0 Å². The molecule has 0 aromatic rings. The molecule has 1 unspecified atom stereocenters. The highest BCUT2D eigenvalue weighted by molar-refractivity contribution is 4.86. The molecule has 0 heterocycles. The van der Waals surface area contributed by atoms with E-state index >= 15 is 0 Å². The highest BCUT2D eigenvalue weighted by atomic mass is 19.4. The lowest BCUT2D eigenvalue weighted by molar-refractivity contribution is -0.291. The van der Waals surface area contributed by atoms with E-state index in [2.05, 4.69) is 12.2 Å². The molecule has 0 aliphatic carbocycles. The Hall–Kier alpha value is -0.460. The minimum absolute atomic E-state index is 0.117. The summed E-state index contributed by atoms with van der Waals surface area (Å²) < 4.78 is 75.6. The van der Waals surface area contributed by atoms with Gasteiger partial charge in [0, 0.05) is 6.04 Å². The Balaban J connectivity index is 4.29. The highest BCUT2D eigenvalue weighted by Crippen LogP contribution is 2.42. The summed E-state index contributed by atoms with van der Waals surface area (Å²) >= 11 is 0. The first-order valence-electron chi connectivity index (χ1n) is 7.45. The summed E-state index contributed by atoms with van der Waals surface area (Å²) in [4.78, 5) is 0. The fourth-order valence-electron chi connectivity index (χ4n) is 2.44. The molecule has 0 aromatic heterocycles. The van der Waals surface area contributed by atoms with Gasteiger partial charge in [-0.2, -0.15) is 26.3 Å². The number of alkyl halides is 6. The summed E-state index contributed by atoms with van der Waals surface area (Å²) in [5.74, 6) is -3.30. The molecule has 0 aromatic carbocycles. The Morgan fingerprint density at radius 3 is 1.57 bits per heavy atom. The molecule has 128 valence electrons. The lowest BCUT2D eigenvalue weighted by Gasteiger charge is -2.30. The minimum Gasteiger partial charge on any atom is -0.316 e. The van der Waals surface area contributed by atoms with Gasteiger partial charge in [0.15, 0.2) is 5.92 Å². The van der Waals surface area contributed by atoms with Crippen molar-refractivity contribution >= 4 is 0 Å². The largest absolute Gasteiger partial charge is 0.401 e. The van der Waals surface area contributed by atoms with Gasteiger partial charge < -0.3 is 5.32 Å². The molecule has 0 aliphatic heterocycles. The number of nitrogens with one attached hydrogen (secondary N) is 1. The van der Waals surface area contributed by atoms with Gasteiger partial charge in [-0.15, -0.1) is 0 Å². The molecule has 21 heavy (non-hydrogen) atoms. The molecule has 0 saturated carbocycles. The third-order valence-corrected chi connectivity index (χ3v) is 3.60. The SMILES string of the molecule is CCCCCCCCCC(NC)C(C(F)(F)F)C(F)(F)F. The van der Waals surface area contributed by atoms with Gasteiger partial charge in [0.05, 0.1) is 0 Å². The van der Waals surface area contributed by atoms with Gasteiger partial charge in [-0.1, -0.05) is 51.9 Å². The number of hydrogen-bond donors (Lipinski definition) is 1. The second kappa shape index (κ2) is 9.54. The third-order valence-electron chi connectivity index (χ3n) is 3.60. The zero-order chi connectivity index (χ0) is 16.5. The lowest BCUT2D eigenvalue weighted by atomic mass is 9.93. The van der Waals surface area contributed by atoms with Crippen LogP contribution in [0.1, 0.15) is 58.3 Å². The van der Waals surface area contributed by atoms with Gasteiger partial charge in [0.1, 0.15) is 0 Å². The zero-order valence-electron chi connectivity index (χ0n) is 12.6.